The van der Waals surface area contributed by atoms with Gasteiger partial charge in [0.1, 0.15) is 12.0 Å². The van der Waals surface area contributed by atoms with E-state index in [1.165, 1.54) is 0 Å². The Kier molecular flexibility index (Phi) is 3.48. The maximum Gasteiger partial charge on any atom is 0.144 e. The summed E-state index contributed by atoms with van der Waals surface area (Å²) in [6.45, 7) is 1.35. The van der Waals surface area contributed by atoms with Gasteiger partial charge >= 0.3 is 0 Å². The second-order valence-corrected chi connectivity index (χ2v) is 4.12. The molecular formula is C10H15ClN4O. The molecule has 0 aromatic heterocycles. The topological polar surface area (TPSA) is 51.1 Å². The highest BCUT2D eigenvalue weighted by molar-refractivity contribution is 6.31. The predicted molar refractivity (Wildman–Crippen MR) is 63.9 cm³/mol. The molecule has 5 nitrogen and oxygen atoms in total. The first-order chi connectivity index (χ1) is 7.72. The molecule has 0 saturated heterocycles. The normalized spacial score (nSPS) is 23.3. The van der Waals surface area contributed by atoms with Gasteiger partial charge in [0.05, 0.1) is 13.2 Å². The molecule has 2 aliphatic heterocycles. The summed E-state index contributed by atoms with van der Waals surface area (Å²) >= 11 is 5.94. The van der Waals surface area contributed by atoms with Crippen molar-refractivity contribution in [3.63, 3.8) is 0 Å². The molecule has 2 heterocycles. The molecule has 2 aliphatic rings. The Morgan fingerprint density at radius 3 is 3.19 bits per heavy atom. The summed E-state index contributed by atoms with van der Waals surface area (Å²) in [6, 6.07) is 0. The van der Waals surface area contributed by atoms with Crippen molar-refractivity contribution in [3.8, 4) is 0 Å². The maximum atomic E-state index is 8.68. The van der Waals surface area contributed by atoms with Crippen molar-refractivity contribution in [3.05, 3.63) is 23.4 Å². The van der Waals surface area contributed by atoms with Crippen molar-refractivity contribution < 1.29 is 5.11 Å². The fraction of sp³-hybridized carbons (Fsp3) is 0.500. The van der Waals surface area contributed by atoms with Crippen LogP contribution in [0.2, 0.25) is 0 Å². The summed E-state index contributed by atoms with van der Waals surface area (Å²) < 4.78 is 0. The minimum atomic E-state index is 0.0726. The fourth-order valence-electron chi connectivity index (χ4n) is 1.69. The summed E-state index contributed by atoms with van der Waals surface area (Å²) in [6.07, 6.45) is 5.70. The highest BCUT2D eigenvalue weighted by Crippen LogP contribution is 2.23. The number of amidine groups is 1. The lowest BCUT2D eigenvalue weighted by Crippen LogP contribution is -2.40. The number of aliphatic hydroxyl groups is 1. The van der Waals surface area contributed by atoms with E-state index in [1.807, 2.05) is 30.4 Å². The Balaban J connectivity index is 1.99. The molecular weight excluding hydrogens is 228 g/mol. The largest absolute Gasteiger partial charge is 0.395 e. The van der Waals surface area contributed by atoms with Gasteiger partial charge in [-0.3, -0.25) is 0 Å². The molecule has 0 radical (unpaired) electrons. The van der Waals surface area contributed by atoms with Gasteiger partial charge in [0.25, 0.3) is 0 Å². The van der Waals surface area contributed by atoms with Crippen LogP contribution in [0.15, 0.2) is 28.5 Å². The van der Waals surface area contributed by atoms with Crippen LogP contribution in [0.4, 0.5) is 0 Å². The Morgan fingerprint density at radius 1 is 1.62 bits per heavy atom. The zero-order valence-electron chi connectivity index (χ0n) is 9.10. The third-order valence-corrected chi connectivity index (χ3v) is 2.82. The van der Waals surface area contributed by atoms with Crippen molar-refractivity contribution in [2.75, 3.05) is 26.7 Å². The molecule has 0 fully saturated rings. The van der Waals surface area contributed by atoms with Gasteiger partial charge < -0.3 is 15.3 Å². The number of hydrazone groups is 1. The maximum absolute atomic E-state index is 8.68. The third kappa shape index (κ3) is 2.21. The zero-order chi connectivity index (χ0) is 11.5. The van der Waals surface area contributed by atoms with Crippen molar-refractivity contribution in [2.45, 2.75) is 6.17 Å². The minimum Gasteiger partial charge on any atom is -0.395 e. The van der Waals surface area contributed by atoms with Crippen molar-refractivity contribution >= 4 is 17.4 Å². The number of allylic oxidation sites excluding steroid dienone is 2. The number of nitrogens with zero attached hydrogens (tertiary/aromatic N) is 3. The number of aliphatic hydroxyl groups excluding tert-OH is 1. The van der Waals surface area contributed by atoms with Crippen LogP contribution in [0.5, 0.6) is 0 Å². The van der Waals surface area contributed by atoms with Crippen LogP contribution in [0.3, 0.4) is 0 Å². The molecule has 0 aromatic carbocycles. The van der Waals surface area contributed by atoms with Crippen LogP contribution in [0.1, 0.15) is 0 Å². The van der Waals surface area contributed by atoms with Gasteiger partial charge in [0.2, 0.25) is 0 Å². The zero-order valence-corrected chi connectivity index (χ0v) is 9.85. The highest BCUT2D eigenvalue weighted by Gasteiger charge is 2.29. The van der Waals surface area contributed by atoms with E-state index < -0.39 is 0 Å². The van der Waals surface area contributed by atoms with E-state index in [9.17, 15) is 0 Å². The number of hydrogen-bond donors (Lipinski definition) is 2. The molecule has 2 rings (SSSR count). The van der Waals surface area contributed by atoms with E-state index in [-0.39, 0.29) is 12.8 Å². The second-order valence-electron chi connectivity index (χ2n) is 3.69. The number of hydrogen-bond acceptors (Lipinski definition) is 5. The molecule has 0 aliphatic carbocycles. The van der Waals surface area contributed by atoms with Crippen LogP contribution in [-0.2, 0) is 0 Å². The quantitative estimate of drug-likeness (QED) is 0.687. The van der Waals surface area contributed by atoms with Crippen LogP contribution in [0, 0.1) is 0 Å². The van der Waals surface area contributed by atoms with E-state index in [0.29, 0.717) is 13.1 Å². The van der Waals surface area contributed by atoms with Gasteiger partial charge in [-0.25, -0.2) is 5.01 Å². The second kappa shape index (κ2) is 4.86. The summed E-state index contributed by atoms with van der Waals surface area (Å²) in [5.41, 5.74) is 0. The lowest BCUT2D eigenvalue weighted by atomic mass is 10.3. The molecule has 0 bridgehead atoms. The lowest BCUT2D eigenvalue weighted by molar-refractivity contribution is 0.250. The van der Waals surface area contributed by atoms with Gasteiger partial charge in [-0.1, -0.05) is 11.6 Å². The molecule has 1 unspecified atom stereocenters. The van der Waals surface area contributed by atoms with Crippen molar-refractivity contribution in [1.29, 1.82) is 0 Å². The van der Waals surface area contributed by atoms with E-state index in [4.69, 9.17) is 16.7 Å². The summed E-state index contributed by atoms with van der Waals surface area (Å²) in [7, 11) is 1.98. The molecule has 0 aromatic rings. The molecule has 1 atom stereocenters. The minimum absolute atomic E-state index is 0.0726. The standard InChI is InChI=1S/C10H15ClN4O/c1-14-9(7-12-3-5-16)13-15-4-2-8(11)6-10(14)15/h2,4,6,10,12,16H,3,5,7H2,1H3. The molecule has 0 amide bonds. The van der Waals surface area contributed by atoms with E-state index in [1.54, 1.807) is 0 Å². The van der Waals surface area contributed by atoms with Crippen molar-refractivity contribution in [1.82, 2.24) is 15.2 Å². The van der Waals surface area contributed by atoms with Crippen LogP contribution < -0.4 is 5.32 Å². The van der Waals surface area contributed by atoms with E-state index in [0.717, 1.165) is 10.9 Å². The average molecular weight is 243 g/mol. The summed E-state index contributed by atoms with van der Waals surface area (Å²) in [5, 5.41) is 18.8. The average Bonchev–Trinajstić information content (AvgIpc) is 2.57. The van der Waals surface area contributed by atoms with Gasteiger partial charge in [0.15, 0.2) is 0 Å². The Hall–Kier alpha value is -1.04. The van der Waals surface area contributed by atoms with E-state index >= 15 is 0 Å². The first kappa shape index (κ1) is 11.4. The molecule has 2 N–H and O–H groups in total. The van der Waals surface area contributed by atoms with Gasteiger partial charge in [0, 0.05) is 24.8 Å². The predicted octanol–water partition coefficient (Wildman–Crippen LogP) is 0.105. The fourth-order valence-corrected chi connectivity index (χ4v) is 1.86. The Labute approximate surface area is 99.7 Å². The number of nitrogens with one attached hydrogen (secondary N) is 1. The first-order valence-electron chi connectivity index (χ1n) is 5.18. The molecule has 16 heavy (non-hydrogen) atoms. The number of rotatable bonds is 4. The highest BCUT2D eigenvalue weighted by atomic mass is 35.5. The third-order valence-electron chi connectivity index (χ3n) is 2.57. The molecule has 0 spiro atoms. The number of fused-ring (bicyclic) bond motifs is 1. The molecule has 0 saturated carbocycles. The van der Waals surface area contributed by atoms with Crippen LogP contribution in [-0.4, -0.2) is 53.8 Å². The molecule has 6 heteroatoms. The Morgan fingerprint density at radius 2 is 2.44 bits per heavy atom. The lowest BCUT2D eigenvalue weighted by Gasteiger charge is -2.26. The molecule has 88 valence electrons. The van der Waals surface area contributed by atoms with Crippen LogP contribution in [0.25, 0.3) is 0 Å². The van der Waals surface area contributed by atoms with Crippen LogP contribution >= 0.6 is 11.6 Å². The van der Waals surface area contributed by atoms with E-state index in [2.05, 4.69) is 15.3 Å². The SMILES string of the molecule is CN1C(CNCCO)=NN2C=CC(Cl)=CC21. The summed E-state index contributed by atoms with van der Waals surface area (Å²) in [4.78, 5) is 2.05. The Bertz CT molecular complexity index is 353. The number of halogens is 1. The smallest absolute Gasteiger partial charge is 0.144 e. The van der Waals surface area contributed by atoms with Gasteiger partial charge in [-0.2, -0.15) is 5.10 Å². The monoisotopic (exact) mass is 242 g/mol. The van der Waals surface area contributed by atoms with Gasteiger partial charge in [-0.05, 0) is 12.2 Å². The summed E-state index contributed by atoms with van der Waals surface area (Å²) in [5.74, 6) is 0.936. The van der Waals surface area contributed by atoms with Crippen molar-refractivity contribution in [2.24, 2.45) is 5.10 Å². The first-order valence-corrected chi connectivity index (χ1v) is 5.56. The number of likely N-dealkylation sites (N-methyl/N-ethyl adjacent to an activating group) is 1. The van der Waals surface area contributed by atoms with Gasteiger partial charge in [-0.15, -0.1) is 0 Å².